The average Bonchev–Trinajstić information content (AvgIpc) is 3.29. The molecule has 0 radical (unpaired) electrons. The smallest absolute Gasteiger partial charge is 0.226 e. The lowest BCUT2D eigenvalue weighted by Crippen LogP contribution is -1.90. The Morgan fingerprint density at radius 1 is 1.08 bits per heavy atom. The van der Waals surface area contributed by atoms with E-state index in [1.165, 1.54) is 0 Å². The molecule has 0 atom stereocenters. The summed E-state index contributed by atoms with van der Waals surface area (Å²) in [5, 5.41) is 8.27. The van der Waals surface area contributed by atoms with Crippen LogP contribution in [0, 0.1) is 0 Å². The van der Waals surface area contributed by atoms with E-state index >= 15 is 0 Å². The van der Waals surface area contributed by atoms with E-state index in [-0.39, 0.29) is 0 Å². The van der Waals surface area contributed by atoms with Crippen LogP contribution in [0.2, 0.25) is 0 Å². The number of aromatic nitrogens is 4. The average molecular weight is 354 g/mol. The Hall–Kier alpha value is -2.25. The second-order valence-corrected chi connectivity index (χ2v) is 7.13. The molecule has 0 saturated heterocycles. The number of thiophene rings is 1. The Kier molecular flexibility index (Phi) is 4.53. The van der Waals surface area contributed by atoms with Crippen molar-refractivity contribution in [1.82, 2.24) is 20.1 Å². The molecule has 4 aromatic rings. The lowest BCUT2D eigenvalue weighted by Gasteiger charge is -2.00. The second-order valence-electron chi connectivity index (χ2n) is 5.15. The summed E-state index contributed by atoms with van der Waals surface area (Å²) in [4.78, 5) is 14.1. The monoisotopic (exact) mass is 354 g/mol. The zero-order valence-corrected chi connectivity index (χ0v) is 14.4. The number of hydrogen-bond donors (Lipinski definition) is 0. The van der Waals surface area contributed by atoms with Crippen molar-refractivity contribution >= 4 is 33.3 Å². The van der Waals surface area contributed by atoms with Gasteiger partial charge in [-0.1, -0.05) is 35.5 Å². The van der Waals surface area contributed by atoms with Crippen LogP contribution >= 0.6 is 23.1 Å². The molecular weight excluding hydrogens is 340 g/mol. The Balaban J connectivity index is 1.33. The fourth-order valence-corrected chi connectivity index (χ4v) is 4.06. The Morgan fingerprint density at radius 2 is 2.00 bits per heavy atom. The van der Waals surface area contributed by atoms with Gasteiger partial charge in [0.05, 0.1) is 0 Å². The largest absolute Gasteiger partial charge is 0.339 e. The second kappa shape index (κ2) is 7.11. The first-order valence-electron chi connectivity index (χ1n) is 7.59. The number of rotatable bonds is 6. The number of aryl methyl sites for hydroxylation is 1. The standard InChI is InChI=1S/C17H14N4OS2/c1-2-5-12(6-3-1)15-20-14(22-21-15)7-4-9-23-16-13-8-10-24-17(13)19-11-18-16/h1-3,5-6,8,10-11H,4,7,9H2. The number of fused-ring (bicyclic) bond motifs is 1. The van der Waals surface area contributed by atoms with Gasteiger partial charge < -0.3 is 4.52 Å². The molecule has 5 nitrogen and oxygen atoms in total. The molecule has 4 rings (SSSR count). The van der Waals surface area contributed by atoms with Crippen molar-refractivity contribution < 1.29 is 4.52 Å². The molecule has 0 saturated carbocycles. The summed E-state index contributed by atoms with van der Waals surface area (Å²) in [6.07, 6.45) is 3.35. The van der Waals surface area contributed by atoms with Crippen molar-refractivity contribution in [2.24, 2.45) is 0 Å². The van der Waals surface area contributed by atoms with Crippen molar-refractivity contribution in [3.05, 3.63) is 54.0 Å². The van der Waals surface area contributed by atoms with E-state index in [4.69, 9.17) is 4.52 Å². The molecule has 0 amide bonds. The minimum Gasteiger partial charge on any atom is -0.339 e. The van der Waals surface area contributed by atoms with Crippen LogP contribution < -0.4 is 0 Å². The van der Waals surface area contributed by atoms with Crippen LogP contribution in [-0.2, 0) is 6.42 Å². The molecule has 0 spiro atoms. The maximum absolute atomic E-state index is 5.33. The summed E-state index contributed by atoms with van der Waals surface area (Å²) >= 11 is 3.38. The van der Waals surface area contributed by atoms with Crippen molar-refractivity contribution in [2.45, 2.75) is 17.9 Å². The molecule has 3 heterocycles. The van der Waals surface area contributed by atoms with Gasteiger partial charge in [-0.2, -0.15) is 4.98 Å². The SMILES string of the molecule is c1ccc(-c2noc(CCCSc3ncnc4sccc34)n2)cc1. The molecular formula is C17H14N4OS2. The molecule has 24 heavy (non-hydrogen) atoms. The fraction of sp³-hybridized carbons (Fsp3) is 0.176. The number of benzene rings is 1. The predicted octanol–water partition coefficient (Wildman–Crippen LogP) is 4.47. The van der Waals surface area contributed by atoms with Gasteiger partial charge in [0, 0.05) is 23.1 Å². The van der Waals surface area contributed by atoms with E-state index in [2.05, 4.69) is 26.2 Å². The topological polar surface area (TPSA) is 64.7 Å². The maximum Gasteiger partial charge on any atom is 0.226 e. The highest BCUT2D eigenvalue weighted by Gasteiger charge is 2.09. The molecule has 0 unspecified atom stereocenters. The van der Waals surface area contributed by atoms with E-state index in [9.17, 15) is 0 Å². The van der Waals surface area contributed by atoms with Crippen molar-refractivity contribution in [1.29, 1.82) is 0 Å². The van der Waals surface area contributed by atoms with Crippen molar-refractivity contribution in [3.8, 4) is 11.4 Å². The summed E-state index contributed by atoms with van der Waals surface area (Å²) < 4.78 is 5.33. The van der Waals surface area contributed by atoms with Crippen molar-refractivity contribution in [2.75, 3.05) is 5.75 Å². The van der Waals surface area contributed by atoms with Crippen LogP contribution in [0.3, 0.4) is 0 Å². The van der Waals surface area contributed by atoms with Crippen LogP contribution in [0.25, 0.3) is 21.6 Å². The third-order valence-electron chi connectivity index (χ3n) is 3.50. The first-order chi connectivity index (χ1) is 11.9. The fourth-order valence-electron chi connectivity index (χ4n) is 2.34. The molecule has 0 aliphatic carbocycles. The van der Waals surface area contributed by atoms with Crippen LogP contribution in [0.15, 0.2) is 57.7 Å². The highest BCUT2D eigenvalue weighted by Crippen LogP contribution is 2.28. The maximum atomic E-state index is 5.33. The normalized spacial score (nSPS) is 11.2. The minimum atomic E-state index is 0.647. The highest BCUT2D eigenvalue weighted by molar-refractivity contribution is 7.99. The summed E-state index contributed by atoms with van der Waals surface area (Å²) in [5.41, 5.74) is 0.975. The molecule has 0 N–H and O–H groups in total. The lowest BCUT2D eigenvalue weighted by molar-refractivity contribution is 0.378. The van der Waals surface area contributed by atoms with Crippen LogP contribution in [-0.4, -0.2) is 25.9 Å². The summed E-state index contributed by atoms with van der Waals surface area (Å²) in [6, 6.07) is 11.9. The first kappa shape index (κ1) is 15.3. The minimum absolute atomic E-state index is 0.647. The van der Waals surface area contributed by atoms with Gasteiger partial charge in [0.1, 0.15) is 16.2 Å². The van der Waals surface area contributed by atoms with Gasteiger partial charge in [-0.05, 0) is 17.9 Å². The van der Waals surface area contributed by atoms with Crippen LogP contribution in [0.1, 0.15) is 12.3 Å². The summed E-state index contributed by atoms with van der Waals surface area (Å²) in [6.45, 7) is 0. The van der Waals surface area contributed by atoms with Gasteiger partial charge in [0.25, 0.3) is 0 Å². The number of thioether (sulfide) groups is 1. The third-order valence-corrected chi connectivity index (χ3v) is 5.41. The molecule has 120 valence electrons. The quantitative estimate of drug-likeness (QED) is 0.289. The Labute approximate surface area is 147 Å². The zero-order valence-electron chi connectivity index (χ0n) is 12.8. The predicted molar refractivity (Wildman–Crippen MR) is 96.2 cm³/mol. The van der Waals surface area contributed by atoms with E-state index in [1.54, 1.807) is 29.4 Å². The number of hydrogen-bond acceptors (Lipinski definition) is 7. The van der Waals surface area contributed by atoms with Gasteiger partial charge in [-0.3, -0.25) is 0 Å². The molecule has 7 heteroatoms. The van der Waals surface area contributed by atoms with Gasteiger partial charge in [0.2, 0.25) is 11.7 Å². The highest BCUT2D eigenvalue weighted by atomic mass is 32.2. The molecule has 0 bridgehead atoms. The zero-order chi connectivity index (χ0) is 16.2. The summed E-state index contributed by atoms with van der Waals surface area (Å²) in [7, 11) is 0. The van der Waals surface area contributed by atoms with Crippen LogP contribution in [0.4, 0.5) is 0 Å². The van der Waals surface area contributed by atoms with Gasteiger partial charge in [-0.25, -0.2) is 9.97 Å². The molecule has 3 aromatic heterocycles. The van der Waals surface area contributed by atoms with Gasteiger partial charge in [0.15, 0.2) is 0 Å². The van der Waals surface area contributed by atoms with E-state index in [0.717, 1.165) is 39.4 Å². The van der Waals surface area contributed by atoms with Gasteiger partial charge in [-0.15, -0.1) is 23.1 Å². The number of nitrogens with zero attached hydrogens (tertiary/aromatic N) is 4. The van der Waals surface area contributed by atoms with E-state index < -0.39 is 0 Å². The molecule has 0 fully saturated rings. The summed E-state index contributed by atoms with van der Waals surface area (Å²) in [5.74, 6) is 2.28. The van der Waals surface area contributed by atoms with Crippen molar-refractivity contribution in [3.63, 3.8) is 0 Å². The van der Waals surface area contributed by atoms with E-state index in [1.807, 2.05) is 35.7 Å². The van der Waals surface area contributed by atoms with E-state index in [0.29, 0.717) is 11.7 Å². The Morgan fingerprint density at radius 3 is 2.92 bits per heavy atom. The van der Waals surface area contributed by atoms with Crippen LogP contribution in [0.5, 0.6) is 0 Å². The van der Waals surface area contributed by atoms with Gasteiger partial charge >= 0.3 is 0 Å². The third kappa shape index (κ3) is 3.32. The molecule has 0 aliphatic rings. The molecule has 1 aromatic carbocycles. The molecule has 0 aliphatic heterocycles. The first-order valence-corrected chi connectivity index (χ1v) is 9.46. The lowest BCUT2D eigenvalue weighted by atomic mass is 10.2. The Bertz CT molecular complexity index is 936.